The van der Waals surface area contributed by atoms with Gasteiger partial charge < -0.3 is 9.15 Å². The highest BCUT2D eigenvalue weighted by Crippen LogP contribution is 2.35. The molecule has 0 saturated heterocycles. The van der Waals surface area contributed by atoms with Gasteiger partial charge in [0.15, 0.2) is 11.9 Å². The number of aryl methyl sites for hydroxylation is 1. The van der Waals surface area contributed by atoms with Crippen LogP contribution in [0.15, 0.2) is 39.5 Å². The third-order valence-corrected chi connectivity index (χ3v) is 3.52. The van der Waals surface area contributed by atoms with Crippen LogP contribution in [0.2, 0.25) is 0 Å². The van der Waals surface area contributed by atoms with Gasteiger partial charge in [0, 0.05) is 13.2 Å². The molecule has 0 atom stereocenters. The Bertz CT molecular complexity index is 776. The standard InChI is InChI=1S/C14H11BrN2O3/c1-17-4-2-10(16-17)8-20-13-9(7-18)6-12(15)14-11(13)3-5-19-14/h2-7H,8H2,1H3. The first-order valence-corrected chi connectivity index (χ1v) is 6.74. The van der Waals surface area contributed by atoms with E-state index in [1.54, 1.807) is 23.1 Å². The summed E-state index contributed by atoms with van der Waals surface area (Å²) in [5.74, 6) is 0.512. The fourth-order valence-electron chi connectivity index (χ4n) is 2.03. The molecule has 0 bridgehead atoms. The van der Waals surface area contributed by atoms with Crippen LogP contribution < -0.4 is 4.74 Å². The van der Waals surface area contributed by atoms with Crippen LogP contribution >= 0.6 is 15.9 Å². The van der Waals surface area contributed by atoms with Crippen LogP contribution in [-0.4, -0.2) is 16.1 Å². The van der Waals surface area contributed by atoms with E-state index in [9.17, 15) is 4.79 Å². The molecule has 0 aliphatic carbocycles. The van der Waals surface area contributed by atoms with Crippen molar-refractivity contribution in [1.82, 2.24) is 9.78 Å². The molecule has 3 rings (SSSR count). The maximum atomic E-state index is 11.2. The Labute approximate surface area is 123 Å². The van der Waals surface area contributed by atoms with E-state index in [-0.39, 0.29) is 0 Å². The quantitative estimate of drug-likeness (QED) is 0.687. The highest BCUT2D eigenvalue weighted by atomic mass is 79.9. The van der Waals surface area contributed by atoms with Gasteiger partial charge in [0.05, 0.1) is 27.4 Å². The largest absolute Gasteiger partial charge is 0.486 e. The number of nitrogens with zero attached hydrogens (tertiary/aromatic N) is 2. The molecule has 2 heterocycles. The molecule has 0 radical (unpaired) electrons. The van der Waals surface area contributed by atoms with Crippen molar-refractivity contribution in [2.45, 2.75) is 6.61 Å². The van der Waals surface area contributed by atoms with Gasteiger partial charge in [-0.1, -0.05) is 0 Å². The van der Waals surface area contributed by atoms with Crippen molar-refractivity contribution < 1.29 is 13.9 Å². The molecule has 102 valence electrons. The number of rotatable bonds is 4. The summed E-state index contributed by atoms with van der Waals surface area (Å²) in [4.78, 5) is 11.2. The summed E-state index contributed by atoms with van der Waals surface area (Å²) >= 11 is 3.38. The highest BCUT2D eigenvalue weighted by molar-refractivity contribution is 9.10. The van der Waals surface area contributed by atoms with Crippen molar-refractivity contribution in [1.29, 1.82) is 0 Å². The van der Waals surface area contributed by atoms with Gasteiger partial charge in [0.25, 0.3) is 0 Å². The van der Waals surface area contributed by atoms with Crippen LogP contribution in [0.5, 0.6) is 5.75 Å². The number of aldehydes is 1. The Morgan fingerprint density at radius 2 is 2.35 bits per heavy atom. The van der Waals surface area contributed by atoms with Gasteiger partial charge in [-0.2, -0.15) is 5.10 Å². The van der Waals surface area contributed by atoms with Crippen LogP contribution in [0.25, 0.3) is 11.0 Å². The van der Waals surface area contributed by atoms with E-state index in [1.807, 2.05) is 19.3 Å². The summed E-state index contributed by atoms with van der Waals surface area (Å²) in [7, 11) is 1.84. The van der Waals surface area contributed by atoms with Gasteiger partial charge in [-0.3, -0.25) is 9.48 Å². The first-order chi connectivity index (χ1) is 9.69. The van der Waals surface area contributed by atoms with E-state index in [0.29, 0.717) is 23.5 Å². The lowest BCUT2D eigenvalue weighted by Gasteiger charge is -2.09. The first-order valence-electron chi connectivity index (χ1n) is 5.95. The monoisotopic (exact) mass is 334 g/mol. The van der Waals surface area contributed by atoms with Crippen molar-refractivity contribution in [2.24, 2.45) is 7.05 Å². The van der Waals surface area contributed by atoms with Gasteiger partial charge in [-0.25, -0.2) is 0 Å². The van der Waals surface area contributed by atoms with Crippen molar-refractivity contribution in [3.05, 3.63) is 46.4 Å². The predicted octanol–water partition coefficient (Wildman–Crippen LogP) is 3.32. The summed E-state index contributed by atoms with van der Waals surface area (Å²) in [6.45, 7) is 0.295. The summed E-state index contributed by atoms with van der Waals surface area (Å²) in [5.41, 5.74) is 1.93. The number of furan rings is 1. The van der Waals surface area contributed by atoms with Gasteiger partial charge in [0.1, 0.15) is 12.4 Å². The van der Waals surface area contributed by atoms with E-state index in [1.165, 1.54) is 0 Å². The van der Waals surface area contributed by atoms with Gasteiger partial charge in [0.2, 0.25) is 0 Å². The van der Waals surface area contributed by atoms with Crippen LogP contribution in [-0.2, 0) is 13.7 Å². The molecule has 0 unspecified atom stereocenters. The van der Waals surface area contributed by atoms with E-state index in [4.69, 9.17) is 9.15 Å². The number of aromatic nitrogens is 2. The molecule has 0 saturated carbocycles. The Morgan fingerprint density at radius 1 is 1.50 bits per heavy atom. The van der Waals surface area contributed by atoms with Crippen molar-refractivity contribution in [2.75, 3.05) is 0 Å². The second kappa shape index (κ2) is 5.13. The average molecular weight is 335 g/mol. The van der Waals surface area contributed by atoms with Crippen molar-refractivity contribution >= 4 is 33.2 Å². The third-order valence-electron chi connectivity index (χ3n) is 2.93. The fraction of sp³-hybridized carbons (Fsp3) is 0.143. The second-order valence-corrected chi connectivity index (χ2v) is 5.18. The van der Waals surface area contributed by atoms with Crippen LogP contribution in [0.3, 0.4) is 0 Å². The van der Waals surface area contributed by atoms with Gasteiger partial charge in [-0.05, 0) is 34.1 Å². The lowest BCUT2D eigenvalue weighted by atomic mass is 10.1. The van der Waals surface area contributed by atoms with Crippen molar-refractivity contribution in [3.8, 4) is 5.75 Å². The minimum atomic E-state index is 0.295. The molecule has 0 spiro atoms. The minimum Gasteiger partial charge on any atom is -0.486 e. The maximum absolute atomic E-state index is 11.2. The first kappa shape index (κ1) is 12.9. The Kier molecular flexibility index (Phi) is 3.31. The number of ether oxygens (including phenoxy) is 1. The fourth-order valence-corrected chi connectivity index (χ4v) is 2.58. The number of hydrogen-bond donors (Lipinski definition) is 0. The average Bonchev–Trinajstić information content (AvgIpc) is 3.06. The van der Waals surface area contributed by atoms with E-state index in [0.717, 1.165) is 21.8 Å². The summed E-state index contributed by atoms with van der Waals surface area (Å²) in [6, 6.07) is 5.33. The molecule has 0 aliphatic heterocycles. The van der Waals surface area contributed by atoms with E-state index >= 15 is 0 Å². The summed E-state index contributed by atoms with van der Waals surface area (Å²) in [6.07, 6.45) is 4.18. The number of hydrogen-bond acceptors (Lipinski definition) is 4. The number of fused-ring (bicyclic) bond motifs is 1. The Hall–Kier alpha value is -2.08. The number of halogens is 1. The number of carbonyl (C=O) groups is 1. The molecule has 3 aromatic rings. The highest BCUT2D eigenvalue weighted by Gasteiger charge is 2.15. The molecule has 0 amide bonds. The Balaban J connectivity index is 1.99. The lowest BCUT2D eigenvalue weighted by molar-refractivity contribution is 0.111. The molecule has 20 heavy (non-hydrogen) atoms. The van der Waals surface area contributed by atoms with Crippen LogP contribution in [0, 0.1) is 0 Å². The molecular weight excluding hydrogens is 324 g/mol. The predicted molar refractivity (Wildman–Crippen MR) is 76.8 cm³/mol. The topological polar surface area (TPSA) is 57.3 Å². The smallest absolute Gasteiger partial charge is 0.153 e. The maximum Gasteiger partial charge on any atom is 0.153 e. The zero-order valence-electron chi connectivity index (χ0n) is 10.7. The molecule has 0 aliphatic rings. The van der Waals surface area contributed by atoms with Crippen LogP contribution in [0.4, 0.5) is 0 Å². The van der Waals surface area contributed by atoms with Crippen LogP contribution in [0.1, 0.15) is 16.1 Å². The molecule has 1 aromatic carbocycles. The summed E-state index contributed by atoms with van der Waals surface area (Å²) < 4.78 is 13.6. The van der Waals surface area contributed by atoms with Gasteiger partial charge >= 0.3 is 0 Å². The molecule has 6 heteroatoms. The van der Waals surface area contributed by atoms with E-state index in [2.05, 4.69) is 21.0 Å². The molecular formula is C14H11BrN2O3. The summed E-state index contributed by atoms with van der Waals surface area (Å²) in [5, 5.41) is 5.00. The zero-order chi connectivity index (χ0) is 14.1. The normalized spacial score (nSPS) is 10.9. The number of carbonyl (C=O) groups excluding carboxylic acids is 1. The lowest BCUT2D eigenvalue weighted by Crippen LogP contribution is -2.00. The minimum absolute atomic E-state index is 0.295. The zero-order valence-corrected chi connectivity index (χ0v) is 12.3. The molecule has 0 fully saturated rings. The third kappa shape index (κ3) is 2.22. The van der Waals surface area contributed by atoms with E-state index < -0.39 is 0 Å². The van der Waals surface area contributed by atoms with Crippen molar-refractivity contribution in [3.63, 3.8) is 0 Å². The van der Waals surface area contributed by atoms with Gasteiger partial charge in [-0.15, -0.1) is 0 Å². The Morgan fingerprint density at radius 3 is 3.05 bits per heavy atom. The molecule has 0 N–H and O–H groups in total. The molecule has 5 nitrogen and oxygen atoms in total. The second-order valence-electron chi connectivity index (χ2n) is 4.33. The number of benzene rings is 1. The molecule has 2 aromatic heterocycles. The SMILES string of the molecule is Cn1ccc(COc2c(C=O)cc(Br)c3occc23)n1.